The number of nitro benzene ring substituents is 2. The summed E-state index contributed by atoms with van der Waals surface area (Å²) in [6, 6.07) is 23.9. The van der Waals surface area contributed by atoms with Crippen LogP contribution in [0.15, 0.2) is 83.8 Å². The first-order chi connectivity index (χ1) is 18.9. The second-order valence-electron chi connectivity index (χ2n) is 9.81. The molecule has 1 heterocycles. The Morgan fingerprint density at radius 3 is 2.46 bits per heavy atom. The number of para-hydroxylation sites is 1. The largest absolute Gasteiger partial charge is 0.494 e. The summed E-state index contributed by atoms with van der Waals surface area (Å²) in [4.78, 5) is 23.2. The molecule has 198 valence electrons. The van der Waals surface area contributed by atoms with Crippen molar-refractivity contribution < 1.29 is 14.6 Å². The monoisotopic (exact) mass is 561 g/mol. The topological polar surface area (TPSA) is 108 Å². The zero-order valence-corrected chi connectivity index (χ0v) is 22.4. The summed E-state index contributed by atoms with van der Waals surface area (Å²) in [5, 5.41) is 28.8. The van der Waals surface area contributed by atoms with Crippen LogP contribution < -0.4 is 10.1 Å². The van der Waals surface area contributed by atoms with Crippen molar-refractivity contribution in [2.24, 2.45) is 5.92 Å². The number of non-ortho nitro benzene ring substituents is 1. The van der Waals surface area contributed by atoms with E-state index < -0.39 is 10.3 Å². The van der Waals surface area contributed by atoms with E-state index in [1.807, 2.05) is 18.2 Å². The number of alkyl halides is 1. The third kappa shape index (κ3) is 4.35. The number of rotatable bonds is 6. The maximum absolute atomic E-state index is 11.8. The lowest BCUT2D eigenvalue weighted by Gasteiger charge is -2.39. The predicted molar refractivity (Wildman–Crippen MR) is 153 cm³/mol. The Hall–Kier alpha value is -3.82. The minimum Gasteiger partial charge on any atom is -0.494 e. The fourth-order valence-electron chi connectivity index (χ4n) is 6.14. The van der Waals surface area contributed by atoms with E-state index in [1.165, 1.54) is 31.0 Å². The highest BCUT2D eigenvalue weighted by Gasteiger charge is 2.51. The summed E-state index contributed by atoms with van der Waals surface area (Å²) < 4.78 is 5.63. The van der Waals surface area contributed by atoms with Gasteiger partial charge in [-0.05, 0) is 40.3 Å². The summed E-state index contributed by atoms with van der Waals surface area (Å²) >= 11 is 8.64. The van der Waals surface area contributed by atoms with Crippen molar-refractivity contribution in [1.82, 2.24) is 0 Å². The van der Waals surface area contributed by atoms with Crippen LogP contribution >= 0.6 is 23.4 Å². The van der Waals surface area contributed by atoms with Gasteiger partial charge in [0.25, 0.3) is 11.4 Å². The Labute approximate surface area is 233 Å². The molecule has 4 aromatic carbocycles. The summed E-state index contributed by atoms with van der Waals surface area (Å²) in [5.74, 6) is 0.139. The van der Waals surface area contributed by atoms with E-state index in [0.29, 0.717) is 22.8 Å². The number of ether oxygens (including phenoxy) is 1. The van der Waals surface area contributed by atoms with Crippen molar-refractivity contribution in [2.75, 3.05) is 12.4 Å². The standard InChI is InChI=1S/C29H24ClN3O5S/c1-38-23-14-17(32(34)35)13-20-26-21(15-25(27(26)30)39-24-12-5-4-11-22(24)33(36)37)28(31-29(20)23)19-10-6-8-16-7-2-3-9-18(16)19/h2-14,21,25-28,31H,15H2,1H3/t21-,25+,26-,27-,28-/m1/s1. The number of halogens is 1. The Morgan fingerprint density at radius 1 is 0.949 bits per heavy atom. The van der Waals surface area contributed by atoms with Gasteiger partial charge < -0.3 is 10.1 Å². The molecule has 1 aliphatic carbocycles. The number of nitrogens with zero attached hydrogens (tertiary/aromatic N) is 2. The van der Waals surface area contributed by atoms with Crippen molar-refractivity contribution in [3.8, 4) is 5.75 Å². The number of nitro groups is 2. The van der Waals surface area contributed by atoms with Crippen LogP contribution in [0.4, 0.5) is 17.1 Å². The first-order valence-electron chi connectivity index (χ1n) is 12.5. The van der Waals surface area contributed by atoms with Gasteiger partial charge in [0.05, 0.1) is 45.0 Å². The van der Waals surface area contributed by atoms with E-state index in [4.69, 9.17) is 16.3 Å². The van der Waals surface area contributed by atoms with E-state index in [2.05, 4.69) is 29.6 Å². The second kappa shape index (κ2) is 10.1. The molecule has 2 aliphatic rings. The van der Waals surface area contributed by atoms with Crippen LogP contribution in [-0.2, 0) is 0 Å². The Balaban J connectivity index is 1.50. The molecule has 0 aromatic heterocycles. The van der Waals surface area contributed by atoms with Crippen molar-refractivity contribution in [1.29, 1.82) is 0 Å². The van der Waals surface area contributed by atoms with Crippen LogP contribution in [0, 0.1) is 26.1 Å². The van der Waals surface area contributed by atoms with E-state index in [1.54, 1.807) is 24.3 Å². The zero-order valence-electron chi connectivity index (χ0n) is 20.8. The average Bonchev–Trinajstić information content (AvgIpc) is 3.27. The van der Waals surface area contributed by atoms with Gasteiger partial charge in [-0.25, -0.2) is 0 Å². The fourth-order valence-corrected chi connectivity index (χ4v) is 8.08. The van der Waals surface area contributed by atoms with Crippen molar-refractivity contribution in [2.45, 2.75) is 33.9 Å². The molecule has 0 bridgehead atoms. The van der Waals surface area contributed by atoms with Crippen LogP contribution in [0.3, 0.4) is 0 Å². The molecule has 5 atom stereocenters. The number of hydrogen-bond acceptors (Lipinski definition) is 7. The smallest absolute Gasteiger partial charge is 0.282 e. The quantitative estimate of drug-likeness (QED) is 0.146. The lowest BCUT2D eigenvalue weighted by atomic mass is 9.76. The predicted octanol–water partition coefficient (Wildman–Crippen LogP) is 7.70. The number of fused-ring (bicyclic) bond motifs is 4. The second-order valence-corrected chi connectivity index (χ2v) is 11.6. The summed E-state index contributed by atoms with van der Waals surface area (Å²) in [7, 11) is 1.50. The number of thioether (sulfide) groups is 1. The minimum absolute atomic E-state index is 0.0159. The highest BCUT2D eigenvalue weighted by molar-refractivity contribution is 8.00. The molecule has 0 saturated heterocycles. The summed E-state index contributed by atoms with van der Waals surface area (Å²) in [6.07, 6.45) is 0.668. The van der Waals surface area contributed by atoms with Crippen LogP contribution in [0.2, 0.25) is 0 Å². The maximum atomic E-state index is 11.8. The molecule has 1 saturated carbocycles. The molecule has 4 aromatic rings. The van der Waals surface area contributed by atoms with E-state index in [-0.39, 0.29) is 39.4 Å². The van der Waals surface area contributed by atoms with Gasteiger partial charge in [-0.15, -0.1) is 23.4 Å². The molecule has 1 aliphatic heterocycles. The summed E-state index contributed by atoms with van der Waals surface area (Å²) in [5.41, 5.74) is 2.53. The molecule has 6 rings (SSSR count). The molecule has 0 radical (unpaired) electrons. The first-order valence-corrected chi connectivity index (χ1v) is 13.8. The van der Waals surface area contributed by atoms with Gasteiger partial charge in [0.1, 0.15) is 5.75 Å². The Kier molecular flexibility index (Phi) is 6.56. The summed E-state index contributed by atoms with van der Waals surface area (Å²) in [6.45, 7) is 0. The van der Waals surface area contributed by atoms with Gasteiger partial charge in [-0.2, -0.15) is 0 Å². The van der Waals surface area contributed by atoms with E-state index >= 15 is 0 Å². The van der Waals surface area contributed by atoms with Gasteiger partial charge in [0, 0.05) is 23.3 Å². The number of nitrogens with one attached hydrogen (secondary N) is 1. The number of anilines is 1. The normalized spacial score (nSPS) is 23.5. The molecule has 1 fully saturated rings. The van der Waals surface area contributed by atoms with Crippen LogP contribution in [0.1, 0.15) is 29.5 Å². The molecule has 1 N–H and O–H groups in total. The van der Waals surface area contributed by atoms with Gasteiger partial charge in [-0.3, -0.25) is 20.2 Å². The van der Waals surface area contributed by atoms with E-state index in [0.717, 1.165) is 21.9 Å². The highest BCUT2D eigenvalue weighted by Crippen LogP contribution is 2.60. The van der Waals surface area contributed by atoms with Crippen LogP contribution in [0.5, 0.6) is 5.75 Å². The third-order valence-electron chi connectivity index (χ3n) is 7.80. The lowest BCUT2D eigenvalue weighted by Crippen LogP contribution is -2.31. The Morgan fingerprint density at radius 2 is 1.69 bits per heavy atom. The molecular formula is C29H24ClN3O5S. The number of methoxy groups -OCH3 is 1. The van der Waals surface area contributed by atoms with Gasteiger partial charge in [-0.1, -0.05) is 54.6 Å². The maximum Gasteiger partial charge on any atom is 0.282 e. The lowest BCUT2D eigenvalue weighted by molar-refractivity contribution is -0.387. The molecule has 0 unspecified atom stereocenters. The molecule has 0 amide bonds. The molecule has 10 heteroatoms. The van der Waals surface area contributed by atoms with Crippen LogP contribution in [-0.4, -0.2) is 27.6 Å². The first kappa shape index (κ1) is 25.5. The van der Waals surface area contributed by atoms with Gasteiger partial charge >= 0.3 is 0 Å². The number of benzene rings is 4. The average molecular weight is 562 g/mol. The third-order valence-corrected chi connectivity index (χ3v) is 9.91. The molecule has 8 nitrogen and oxygen atoms in total. The SMILES string of the molecule is COc1cc([N+](=O)[O-])cc2c1N[C@H](c1cccc3ccccc13)[C@@H]1C[C@H](Sc3ccccc3[N+](=O)[O-])[C@@H](Cl)[C@H]21. The van der Waals surface area contributed by atoms with Crippen molar-refractivity contribution in [3.05, 3.63) is 110 Å². The molecule has 0 spiro atoms. The van der Waals surface area contributed by atoms with Gasteiger partial charge in [0.15, 0.2) is 0 Å². The van der Waals surface area contributed by atoms with Crippen molar-refractivity contribution >= 4 is 51.2 Å². The Bertz CT molecular complexity index is 1610. The minimum atomic E-state index is -0.426. The fraction of sp³-hybridized carbons (Fsp3) is 0.241. The zero-order chi connectivity index (χ0) is 27.3. The highest BCUT2D eigenvalue weighted by atomic mass is 35.5. The van der Waals surface area contributed by atoms with Crippen LogP contribution in [0.25, 0.3) is 10.8 Å². The van der Waals surface area contributed by atoms with Gasteiger partial charge in [0.2, 0.25) is 0 Å². The van der Waals surface area contributed by atoms with Crippen molar-refractivity contribution in [3.63, 3.8) is 0 Å². The number of hydrogen-bond donors (Lipinski definition) is 1. The molecular weight excluding hydrogens is 538 g/mol. The van der Waals surface area contributed by atoms with E-state index in [9.17, 15) is 20.2 Å². The molecule has 39 heavy (non-hydrogen) atoms.